The SMILES string of the molecule is COc1ccccc1OCC#CCNS(=O)(=O)Cc1ccc(C(F)(F)F)cc1. The van der Waals surface area contributed by atoms with E-state index < -0.39 is 27.5 Å². The molecule has 0 fully saturated rings. The highest BCUT2D eigenvalue weighted by Gasteiger charge is 2.30. The molecule has 0 heterocycles. The smallest absolute Gasteiger partial charge is 0.416 e. The summed E-state index contributed by atoms with van der Waals surface area (Å²) >= 11 is 0. The molecule has 0 saturated heterocycles. The first-order valence-corrected chi connectivity index (χ1v) is 9.71. The van der Waals surface area contributed by atoms with Gasteiger partial charge in [0.1, 0.15) is 6.61 Å². The predicted molar refractivity (Wildman–Crippen MR) is 98.3 cm³/mol. The molecule has 2 aromatic rings. The van der Waals surface area contributed by atoms with Gasteiger partial charge >= 0.3 is 6.18 Å². The van der Waals surface area contributed by atoms with Crippen LogP contribution >= 0.6 is 0 Å². The maximum atomic E-state index is 12.5. The maximum Gasteiger partial charge on any atom is 0.416 e. The lowest BCUT2D eigenvalue weighted by Crippen LogP contribution is -2.25. The van der Waals surface area contributed by atoms with E-state index in [1.807, 2.05) is 0 Å². The number of rotatable bonds is 7. The Morgan fingerprint density at radius 2 is 1.64 bits per heavy atom. The molecule has 2 aromatic carbocycles. The van der Waals surface area contributed by atoms with Gasteiger partial charge in [0.05, 0.1) is 25.0 Å². The van der Waals surface area contributed by atoms with Crippen molar-refractivity contribution in [2.75, 3.05) is 20.3 Å². The fourth-order valence-corrected chi connectivity index (χ4v) is 3.20. The fourth-order valence-electron chi connectivity index (χ4n) is 2.17. The van der Waals surface area contributed by atoms with Gasteiger partial charge in [0, 0.05) is 0 Å². The summed E-state index contributed by atoms with van der Waals surface area (Å²) in [4.78, 5) is 0. The summed E-state index contributed by atoms with van der Waals surface area (Å²) in [5.74, 6) is 5.91. The molecule has 0 atom stereocenters. The molecule has 5 nitrogen and oxygen atoms in total. The van der Waals surface area contributed by atoms with Crippen molar-refractivity contribution in [3.63, 3.8) is 0 Å². The average Bonchev–Trinajstić information content (AvgIpc) is 2.64. The molecule has 1 N–H and O–H groups in total. The molecule has 0 aliphatic rings. The minimum Gasteiger partial charge on any atom is -0.493 e. The van der Waals surface area contributed by atoms with E-state index in [2.05, 4.69) is 16.6 Å². The van der Waals surface area contributed by atoms with E-state index in [9.17, 15) is 21.6 Å². The molecule has 28 heavy (non-hydrogen) atoms. The second-order valence-electron chi connectivity index (χ2n) is 5.57. The van der Waals surface area contributed by atoms with Crippen molar-refractivity contribution in [3.05, 3.63) is 59.7 Å². The molecule has 0 amide bonds. The Hall–Kier alpha value is -2.70. The third kappa shape index (κ3) is 6.79. The Morgan fingerprint density at radius 3 is 2.25 bits per heavy atom. The monoisotopic (exact) mass is 413 g/mol. The molecule has 0 bridgehead atoms. The lowest BCUT2D eigenvalue weighted by atomic mass is 10.1. The second-order valence-corrected chi connectivity index (χ2v) is 7.37. The van der Waals surface area contributed by atoms with Crippen LogP contribution in [0.4, 0.5) is 13.2 Å². The van der Waals surface area contributed by atoms with Crippen molar-refractivity contribution in [2.24, 2.45) is 0 Å². The van der Waals surface area contributed by atoms with Crippen LogP contribution in [0.1, 0.15) is 11.1 Å². The Balaban J connectivity index is 1.81. The van der Waals surface area contributed by atoms with Crippen LogP contribution in [0.15, 0.2) is 48.5 Å². The van der Waals surface area contributed by atoms with Gasteiger partial charge in [-0.05, 0) is 29.8 Å². The van der Waals surface area contributed by atoms with Crippen molar-refractivity contribution in [1.29, 1.82) is 0 Å². The zero-order valence-corrected chi connectivity index (χ0v) is 15.7. The van der Waals surface area contributed by atoms with Crippen LogP contribution in [0, 0.1) is 11.8 Å². The average molecular weight is 413 g/mol. The number of methoxy groups -OCH3 is 1. The standard InChI is InChI=1S/C19H18F3NO4S/c1-26-17-6-2-3-7-18(17)27-13-5-4-12-23-28(24,25)14-15-8-10-16(11-9-15)19(20,21)22/h2-3,6-11,23H,12-14H2,1H3. The van der Waals surface area contributed by atoms with Crippen molar-refractivity contribution >= 4 is 10.0 Å². The summed E-state index contributed by atoms with van der Waals surface area (Å²) in [5, 5.41) is 0. The van der Waals surface area contributed by atoms with E-state index in [4.69, 9.17) is 9.47 Å². The summed E-state index contributed by atoms with van der Waals surface area (Å²) in [5.41, 5.74) is -0.588. The number of hydrogen-bond donors (Lipinski definition) is 1. The molecule has 0 saturated carbocycles. The minimum atomic E-state index is -4.46. The Labute approximate surface area is 161 Å². The minimum absolute atomic E-state index is 0.0427. The number of benzene rings is 2. The molecule has 2 rings (SSSR count). The first-order valence-electron chi connectivity index (χ1n) is 8.06. The van der Waals surface area contributed by atoms with Gasteiger partial charge in [-0.3, -0.25) is 0 Å². The van der Waals surface area contributed by atoms with Crippen LogP contribution in [-0.2, 0) is 22.0 Å². The molecule has 0 aromatic heterocycles. The largest absolute Gasteiger partial charge is 0.493 e. The van der Waals surface area contributed by atoms with Gasteiger partial charge in [-0.2, -0.15) is 13.2 Å². The van der Waals surface area contributed by atoms with Crippen LogP contribution in [0.25, 0.3) is 0 Å². The summed E-state index contributed by atoms with van der Waals surface area (Å²) in [7, 11) is -2.21. The number of ether oxygens (including phenoxy) is 2. The molecular formula is C19H18F3NO4S. The van der Waals surface area contributed by atoms with Crippen LogP contribution in [0.3, 0.4) is 0 Å². The highest BCUT2D eigenvalue weighted by atomic mass is 32.2. The van der Waals surface area contributed by atoms with Gasteiger partial charge in [0.25, 0.3) is 0 Å². The Kier molecular flexibility index (Phi) is 7.31. The second kappa shape index (κ2) is 9.48. The van der Waals surface area contributed by atoms with Gasteiger partial charge < -0.3 is 9.47 Å². The van der Waals surface area contributed by atoms with Crippen molar-refractivity contribution in [3.8, 4) is 23.3 Å². The summed E-state index contributed by atoms with van der Waals surface area (Å²) in [6.45, 7) is -0.0980. The highest BCUT2D eigenvalue weighted by Crippen LogP contribution is 2.29. The summed E-state index contributed by atoms with van der Waals surface area (Å²) in [6, 6.07) is 11.0. The van der Waals surface area contributed by atoms with Gasteiger partial charge in [0.15, 0.2) is 11.5 Å². The molecule has 0 aliphatic carbocycles. The normalized spacial score (nSPS) is 11.4. The van der Waals surface area contributed by atoms with Crippen molar-refractivity contribution in [2.45, 2.75) is 11.9 Å². The Bertz CT molecular complexity index is 946. The van der Waals surface area contributed by atoms with E-state index in [-0.39, 0.29) is 18.7 Å². The fraction of sp³-hybridized carbons (Fsp3) is 0.263. The number of nitrogens with one attached hydrogen (secondary N) is 1. The van der Waals surface area contributed by atoms with Crippen molar-refractivity contribution < 1.29 is 31.1 Å². The predicted octanol–water partition coefficient (Wildman–Crippen LogP) is 3.22. The molecule has 0 aliphatic heterocycles. The Morgan fingerprint density at radius 1 is 1.00 bits per heavy atom. The molecule has 9 heteroatoms. The zero-order valence-electron chi connectivity index (χ0n) is 14.9. The quantitative estimate of drug-likeness (QED) is 0.708. The lowest BCUT2D eigenvalue weighted by Gasteiger charge is -2.08. The van der Waals surface area contributed by atoms with Gasteiger partial charge in [-0.15, -0.1) is 0 Å². The van der Waals surface area contributed by atoms with E-state index in [1.54, 1.807) is 24.3 Å². The number of alkyl halides is 3. The van der Waals surface area contributed by atoms with Crippen LogP contribution in [0.2, 0.25) is 0 Å². The van der Waals surface area contributed by atoms with Crippen LogP contribution < -0.4 is 14.2 Å². The highest BCUT2D eigenvalue weighted by molar-refractivity contribution is 7.88. The van der Waals surface area contributed by atoms with E-state index in [0.29, 0.717) is 11.5 Å². The maximum absolute atomic E-state index is 12.5. The zero-order chi connectivity index (χ0) is 20.6. The number of hydrogen-bond acceptors (Lipinski definition) is 4. The summed E-state index contributed by atoms with van der Waals surface area (Å²) in [6.07, 6.45) is -4.46. The third-order valence-electron chi connectivity index (χ3n) is 3.51. The van der Waals surface area contributed by atoms with E-state index in [1.165, 1.54) is 7.11 Å². The van der Waals surface area contributed by atoms with E-state index >= 15 is 0 Å². The summed E-state index contributed by atoms with van der Waals surface area (Å²) < 4.78 is 74.3. The van der Waals surface area contributed by atoms with Crippen LogP contribution in [-0.4, -0.2) is 28.7 Å². The van der Waals surface area contributed by atoms with Gasteiger partial charge in [0.2, 0.25) is 10.0 Å². The van der Waals surface area contributed by atoms with Gasteiger partial charge in [-0.25, -0.2) is 13.1 Å². The van der Waals surface area contributed by atoms with Crippen LogP contribution in [0.5, 0.6) is 11.5 Å². The molecule has 0 radical (unpaired) electrons. The first-order chi connectivity index (χ1) is 13.2. The van der Waals surface area contributed by atoms with E-state index in [0.717, 1.165) is 24.3 Å². The lowest BCUT2D eigenvalue weighted by molar-refractivity contribution is -0.137. The van der Waals surface area contributed by atoms with Crippen molar-refractivity contribution in [1.82, 2.24) is 4.72 Å². The number of para-hydroxylation sites is 2. The topological polar surface area (TPSA) is 64.6 Å². The molecule has 0 unspecified atom stereocenters. The number of sulfonamides is 1. The van der Waals surface area contributed by atoms with Gasteiger partial charge in [-0.1, -0.05) is 36.1 Å². The number of halogens is 3. The first kappa shape index (κ1) is 21.6. The molecule has 150 valence electrons. The molecule has 0 spiro atoms. The third-order valence-corrected chi connectivity index (χ3v) is 4.81. The molecular weight excluding hydrogens is 395 g/mol.